The monoisotopic (exact) mass is 307 g/mol. The molecule has 0 saturated heterocycles. The summed E-state index contributed by atoms with van der Waals surface area (Å²) >= 11 is 6.19. The molecule has 0 radical (unpaired) electrons. The zero-order chi connectivity index (χ0) is 14.8. The first-order valence-corrected chi connectivity index (χ1v) is 8.05. The Morgan fingerprint density at radius 1 is 1.43 bits per heavy atom. The van der Waals surface area contributed by atoms with E-state index in [2.05, 4.69) is 18.3 Å². The minimum Gasteiger partial charge on any atom is -0.458 e. The van der Waals surface area contributed by atoms with Gasteiger partial charge in [-0.05, 0) is 51.3 Å². The van der Waals surface area contributed by atoms with Crippen molar-refractivity contribution in [3.05, 3.63) is 35.0 Å². The van der Waals surface area contributed by atoms with Gasteiger partial charge in [-0.1, -0.05) is 23.7 Å². The van der Waals surface area contributed by atoms with E-state index in [1.807, 2.05) is 25.2 Å². The lowest BCUT2D eigenvalue weighted by molar-refractivity contribution is -0.0294. The number of para-hydroxylation sites is 1. The molecule has 0 amide bonds. The molecule has 2 aromatic rings. The summed E-state index contributed by atoms with van der Waals surface area (Å²) in [6.07, 6.45) is 3.86. The van der Waals surface area contributed by atoms with Gasteiger partial charge in [-0.15, -0.1) is 0 Å². The third-order valence-corrected chi connectivity index (χ3v) is 4.67. The van der Waals surface area contributed by atoms with Crippen LogP contribution in [0.1, 0.15) is 38.0 Å². The highest BCUT2D eigenvalue weighted by atomic mass is 35.5. The van der Waals surface area contributed by atoms with Crippen molar-refractivity contribution in [3.63, 3.8) is 0 Å². The van der Waals surface area contributed by atoms with Crippen LogP contribution in [0.2, 0.25) is 5.02 Å². The van der Waals surface area contributed by atoms with Gasteiger partial charge < -0.3 is 14.5 Å². The van der Waals surface area contributed by atoms with Crippen LogP contribution < -0.4 is 5.32 Å². The lowest BCUT2D eigenvalue weighted by atomic mass is 9.78. The van der Waals surface area contributed by atoms with E-state index in [1.165, 1.54) is 0 Å². The fourth-order valence-electron chi connectivity index (χ4n) is 3.17. The molecule has 1 unspecified atom stereocenters. The number of nitrogens with one attached hydrogen (secondary N) is 1. The number of rotatable bonds is 6. The predicted octanol–water partition coefficient (Wildman–Crippen LogP) is 4.55. The Labute approximate surface area is 130 Å². The van der Waals surface area contributed by atoms with Crippen molar-refractivity contribution < 1.29 is 9.15 Å². The Morgan fingerprint density at radius 3 is 2.90 bits per heavy atom. The van der Waals surface area contributed by atoms with Crippen LogP contribution in [0.25, 0.3) is 11.0 Å². The van der Waals surface area contributed by atoms with Crippen LogP contribution in [-0.2, 0) is 4.74 Å². The Bertz CT molecular complexity index is 604. The molecule has 1 aliphatic carbocycles. The summed E-state index contributed by atoms with van der Waals surface area (Å²) in [5, 5.41) is 5.11. The summed E-state index contributed by atoms with van der Waals surface area (Å²) in [4.78, 5) is 0. The topological polar surface area (TPSA) is 34.4 Å². The normalized spacial score (nSPS) is 23.2. The molecule has 1 atom stereocenters. The molecular weight excluding hydrogens is 286 g/mol. The maximum absolute atomic E-state index is 6.19. The average Bonchev–Trinajstić information content (AvgIpc) is 2.86. The van der Waals surface area contributed by atoms with E-state index in [1.54, 1.807) is 0 Å². The van der Waals surface area contributed by atoms with Gasteiger partial charge in [-0.25, -0.2) is 0 Å². The van der Waals surface area contributed by atoms with E-state index in [4.69, 9.17) is 20.8 Å². The highest BCUT2D eigenvalue weighted by molar-refractivity contribution is 6.34. The largest absolute Gasteiger partial charge is 0.458 e. The van der Waals surface area contributed by atoms with Gasteiger partial charge in [0.05, 0.1) is 17.2 Å². The first-order chi connectivity index (χ1) is 10.2. The second kappa shape index (κ2) is 6.39. The van der Waals surface area contributed by atoms with Crippen molar-refractivity contribution in [1.29, 1.82) is 0 Å². The molecule has 1 saturated carbocycles. The fraction of sp³-hybridized carbons (Fsp3) is 0.529. The van der Waals surface area contributed by atoms with Gasteiger partial charge in [-0.2, -0.15) is 0 Å². The maximum Gasteiger partial charge on any atom is 0.152 e. The van der Waals surface area contributed by atoms with Crippen molar-refractivity contribution >= 4 is 22.6 Å². The van der Waals surface area contributed by atoms with E-state index in [-0.39, 0.29) is 6.04 Å². The van der Waals surface area contributed by atoms with Crippen LogP contribution in [0.5, 0.6) is 0 Å². The molecule has 21 heavy (non-hydrogen) atoms. The van der Waals surface area contributed by atoms with E-state index in [9.17, 15) is 0 Å². The van der Waals surface area contributed by atoms with Crippen molar-refractivity contribution in [2.75, 3.05) is 13.7 Å². The molecule has 1 aliphatic rings. The third kappa shape index (κ3) is 3.10. The molecule has 3 rings (SSSR count). The zero-order valence-electron chi connectivity index (χ0n) is 12.6. The molecule has 0 spiro atoms. The summed E-state index contributed by atoms with van der Waals surface area (Å²) in [6.45, 7) is 2.87. The molecular formula is C17H22ClNO2. The lowest BCUT2D eigenvalue weighted by Gasteiger charge is -2.36. The lowest BCUT2D eigenvalue weighted by Crippen LogP contribution is -2.34. The maximum atomic E-state index is 6.19. The number of furan rings is 1. The predicted molar refractivity (Wildman–Crippen MR) is 85.8 cm³/mol. The Kier molecular flexibility index (Phi) is 4.53. The van der Waals surface area contributed by atoms with Crippen LogP contribution in [0.15, 0.2) is 28.7 Å². The minimum absolute atomic E-state index is 0.237. The van der Waals surface area contributed by atoms with Crippen molar-refractivity contribution in [2.24, 2.45) is 5.92 Å². The minimum atomic E-state index is 0.237. The zero-order valence-corrected chi connectivity index (χ0v) is 13.3. The van der Waals surface area contributed by atoms with Crippen LogP contribution in [0.4, 0.5) is 0 Å². The Balaban J connectivity index is 1.69. The average molecular weight is 308 g/mol. The van der Waals surface area contributed by atoms with Crippen molar-refractivity contribution in [3.8, 4) is 0 Å². The van der Waals surface area contributed by atoms with Gasteiger partial charge in [0.25, 0.3) is 0 Å². The van der Waals surface area contributed by atoms with Crippen LogP contribution in [0, 0.1) is 5.92 Å². The summed E-state index contributed by atoms with van der Waals surface area (Å²) in [6, 6.07) is 8.19. The van der Waals surface area contributed by atoms with Gasteiger partial charge >= 0.3 is 0 Å². The van der Waals surface area contributed by atoms with Gasteiger partial charge in [0.2, 0.25) is 0 Å². The standard InChI is InChI=1S/C17H22ClNO2/c1-3-20-13-7-11(8-13)9-15(19-2)16-10-12-5-4-6-14(18)17(12)21-16/h4-6,10-11,13,15,19H,3,7-9H2,1-2H3. The molecule has 1 aromatic heterocycles. The summed E-state index contributed by atoms with van der Waals surface area (Å²) in [5.74, 6) is 1.68. The number of fused-ring (bicyclic) bond motifs is 1. The second-order valence-electron chi connectivity index (χ2n) is 5.80. The molecule has 1 heterocycles. The van der Waals surface area contributed by atoms with Gasteiger partial charge in [-0.3, -0.25) is 0 Å². The SMILES string of the molecule is CCOC1CC(CC(NC)c2cc3cccc(Cl)c3o2)C1. The van der Waals surface area contributed by atoms with E-state index >= 15 is 0 Å². The summed E-state index contributed by atoms with van der Waals surface area (Å²) in [5.41, 5.74) is 0.787. The Hall–Kier alpha value is -1.03. The van der Waals surface area contributed by atoms with Crippen LogP contribution >= 0.6 is 11.6 Å². The molecule has 3 nitrogen and oxygen atoms in total. The Morgan fingerprint density at radius 2 is 2.24 bits per heavy atom. The molecule has 0 bridgehead atoms. The van der Waals surface area contributed by atoms with Gasteiger partial charge in [0, 0.05) is 12.0 Å². The molecule has 1 N–H and O–H groups in total. The number of benzene rings is 1. The van der Waals surface area contributed by atoms with Crippen molar-refractivity contribution in [2.45, 2.75) is 38.3 Å². The fourth-order valence-corrected chi connectivity index (χ4v) is 3.39. The van der Waals surface area contributed by atoms with Gasteiger partial charge in [0.15, 0.2) is 5.58 Å². The van der Waals surface area contributed by atoms with E-state index < -0.39 is 0 Å². The van der Waals surface area contributed by atoms with Gasteiger partial charge in [0.1, 0.15) is 5.76 Å². The number of halogens is 1. The smallest absolute Gasteiger partial charge is 0.152 e. The van der Waals surface area contributed by atoms with E-state index in [0.29, 0.717) is 17.0 Å². The summed E-state index contributed by atoms with van der Waals surface area (Å²) < 4.78 is 11.6. The molecule has 1 aromatic carbocycles. The quantitative estimate of drug-likeness (QED) is 0.850. The van der Waals surface area contributed by atoms with E-state index in [0.717, 1.165) is 42.6 Å². The molecule has 1 fully saturated rings. The number of hydrogen-bond donors (Lipinski definition) is 1. The van der Waals surface area contributed by atoms with Crippen LogP contribution in [0.3, 0.4) is 0 Å². The number of ether oxygens (including phenoxy) is 1. The molecule has 0 aliphatic heterocycles. The van der Waals surface area contributed by atoms with Crippen LogP contribution in [-0.4, -0.2) is 19.8 Å². The molecule has 114 valence electrons. The first-order valence-electron chi connectivity index (χ1n) is 7.68. The van der Waals surface area contributed by atoms with Crippen molar-refractivity contribution in [1.82, 2.24) is 5.32 Å². The number of hydrogen-bond acceptors (Lipinski definition) is 3. The second-order valence-corrected chi connectivity index (χ2v) is 6.21. The highest BCUT2D eigenvalue weighted by Gasteiger charge is 2.32. The first kappa shape index (κ1) is 14.9. The highest BCUT2D eigenvalue weighted by Crippen LogP contribution is 2.38. The summed E-state index contributed by atoms with van der Waals surface area (Å²) in [7, 11) is 1.98. The third-order valence-electron chi connectivity index (χ3n) is 4.37. The molecule has 4 heteroatoms.